The lowest BCUT2D eigenvalue weighted by atomic mass is 9.96. The molecule has 1 aliphatic rings. The van der Waals surface area contributed by atoms with Gasteiger partial charge in [-0.25, -0.2) is 0 Å². The topological polar surface area (TPSA) is 75.0 Å². The van der Waals surface area contributed by atoms with Gasteiger partial charge in [0.1, 0.15) is 0 Å². The molecule has 6 heteroatoms. The van der Waals surface area contributed by atoms with Crippen LogP contribution in [0, 0.1) is 6.92 Å². The number of aromatic amines is 1. The molecule has 23 heavy (non-hydrogen) atoms. The summed E-state index contributed by atoms with van der Waals surface area (Å²) in [4.78, 5) is 22.2. The second-order valence-corrected chi connectivity index (χ2v) is 5.99. The van der Waals surface area contributed by atoms with Gasteiger partial charge in [-0.1, -0.05) is 17.3 Å². The van der Waals surface area contributed by atoms with Crippen LogP contribution in [0.2, 0.25) is 0 Å². The number of amides is 1. The number of rotatable bonds is 2. The maximum Gasteiger partial charge on any atom is 0.255 e. The number of nitrogens with one attached hydrogen (secondary N) is 1. The molecule has 1 fully saturated rings. The van der Waals surface area contributed by atoms with Crippen molar-refractivity contribution >= 4 is 16.8 Å². The summed E-state index contributed by atoms with van der Waals surface area (Å²) in [5.41, 5.74) is 1.65. The monoisotopic (exact) mass is 310 g/mol. The third kappa shape index (κ3) is 2.50. The van der Waals surface area contributed by atoms with E-state index >= 15 is 0 Å². The van der Waals surface area contributed by atoms with Crippen LogP contribution >= 0.6 is 0 Å². The van der Waals surface area contributed by atoms with E-state index in [4.69, 9.17) is 4.52 Å². The Kier molecular flexibility index (Phi) is 3.37. The van der Waals surface area contributed by atoms with Gasteiger partial charge in [0, 0.05) is 30.6 Å². The maximum absolute atomic E-state index is 12.8. The van der Waals surface area contributed by atoms with Crippen LogP contribution in [0.4, 0.5) is 0 Å². The van der Waals surface area contributed by atoms with Crippen LogP contribution in [-0.4, -0.2) is 39.0 Å². The van der Waals surface area contributed by atoms with Crippen molar-refractivity contribution in [2.45, 2.75) is 25.7 Å². The number of hydrogen-bond donors (Lipinski definition) is 1. The number of nitrogens with zero attached hydrogens (tertiary/aromatic N) is 3. The molecule has 0 saturated carbocycles. The molecule has 1 amide bonds. The zero-order chi connectivity index (χ0) is 15.8. The van der Waals surface area contributed by atoms with Crippen LogP contribution in [0.5, 0.6) is 0 Å². The fourth-order valence-electron chi connectivity index (χ4n) is 3.24. The summed E-state index contributed by atoms with van der Waals surface area (Å²) >= 11 is 0. The lowest BCUT2D eigenvalue weighted by Crippen LogP contribution is -2.38. The fourth-order valence-corrected chi connectivity index (χ4v) is 3.24. The molecule has 1 aliphatic heterocycles. The zero-order valence-corrected chi connectivity index (χ0v) is 13.0. The Morgan fingerprint density at radius 2 is 2.13 bits per heavy atom. The summed E-state index contributed by atoms with van der Waals surface area (Å²) in [5, 5.41) is 4.91. The average molecular weight is 310 g/mol. The molecular formula is C17H18N4O2. The van der Waals surface area contributed by atoms with Crippen molar-refractivity contribution in [3.8, 4) is 0 Å². The highest BCUT2D eigenvalue weighted by molar-refractivity contribution is 6.05. The van der Waals surface area contributed by atoms with E-state index in [1.165, 1.54) is 0 Å². The van der Waals surface area contributed by atoms with Crippen LogP contribution in [0.1, 0.15) is 40.8 Å². The molecule has 6 nitrogen and oxygen atoms in total. The summed E-state index contributed by atoms with van der Waals surface area (Å²) in [5.74, 6) is 1.69. The first-order valence-corrected chi connectivity index (χ1v) is 7.88. The standard InChI is InChI=1S/C17H18N4O2/c1-11-19-16(23-20-11)13-6-9-21(10-7-13)17(22)14-4-2-3-12-5-8-18-15(12)14/h2-5,8,13,18H,6-7,9-10H2,1H3. The number of carbonyl (C=O) groups excluding carboxylic acids is 1. The van der Waals surface area contributed by atoms with Crippen molar-refractivity contribution < 1.29 is 9.32 Å². The minimum Gasteiger partial charge on any atom is -0.361 e. The molecule has 0 spiro atoms. The van der Waals surface area contributed by atoms with Gasteiger partial charge < -0.3 is 14.4 Å². The highest BCUT2D eigenvalue weighted by Crippen LogP contribution is 2.28. The van der Waals surface area contributed by atoms with Gasteiger partial charge >= 0.3 is 0 Å². The van der Waals surface area contributed by atoms with Gasteiger partial charge in [0.25, 0.3) is 5.91 Å². The van der Waals surface area contributed by atoms with Crippen molar-refractivity contribution in [2.24, 2.45) is 0 Å². The molecule has 0 aliphatic carbocycles. The van der Waals surface area contributed by atoms with Crippen LogP contribution in [0.25, 0.3) is 10.9 Å². The number of para-hydroxylation sites is 1. The summed E-state index contributed by atoms with van der Waals surface area (Å²) < 4.78 is 5.26. The molecule has 1 saturated heterocycles. The van der Waals surface area contributed by atoms with Gasteiger partial charge in [0.15, 0.2) is 5.82 Å². The second-order valence-electron chi connectivity index (χ2n) is 5.99. The Hall–Kier alpha value is -2.63. The third-order valence-corrected chi connectivity index (χ3v) is 4.49. The van der Waals surface area contributed by atoms with E-state index in [0.717, 1.165) is 29.3 Å². The van der Waals surface area contributed by atoms with E-state index in [0.29, 0.717) is 24.8 Å². The van der Waals surface area contributed by atoms with Crippen LogP contribution in [-0.2, 0) is 0 Å². The Morgan fingerprint density at radius 1 is 1.30 bits per heavy atom. The van der Waals surface area contributed by atoms with E-state index < -0.39 is 0 Å². The molecule has 0 atom stereocenters. The van der Waals surface area contributed by atoms with Gasteiger partial charge in [-0.3, -0.25) is 4.79 Å². The summed E-state index contributed by atoms with van der Waals surface area (Å²) in [6, 6.07) is 7.80. The highest BCUT2D eigenvalue weighted by Gasteiger charge is 2.28. The van der Waals surface area contributed by atoms with Gasteiger partial charge in [-0.15, -0.1) is 0 Å². The number of aromatic nitrogens is 3. The van der Waals surface area contributed by atoms with Gasteiger partial charge in [0.05, 0.1) is 11.1 Å². The minimum absolute atomic E-state index is 0.0817. The number of carbonyl (C=O) groups is 1. The molecular weight excluding hydrogens is 292 g/mol. The summed E-state index contributed by atoms with van der Waals surface area (Å²) in [6.07, 6.45) is 3.58. The molecule has 1 aromatic carbocycles. The SMILES string of the molecule is Cc1noc(C2CCN(C(=O)c3cccc4cc[nH]c34)CC2)n1. The second kappa shape index (κ2) is 5.53. The number of hydrogen-bond acceptors (Lipinski definition) is 4. The van der Waals surface area contributed by atoms with E-state index in [2.05, 4.69) is 15.1 Å². The van der Waals surface area contributed by atoms with Gasteiger partial charge in [-0.2, -0.15) is 4.98 Å². The average Bonchev–Trinajstić information content (AvgIpc) is 3.22. The molecule has 3 heterocycles. The molecule has 4 rings (SSSR count). The van der Waals surface area contributed by atoms with Crippen molar-refractivity contribution in [1.82, 2.24) is 20.0 Å². The number of piperidine rings is 1. The van der Waals surface area contributed by atoms with E-state index in [1.807, 2.05) is 42.3 Å². The minimum atomic E-state index is 0.0817. The Balaban J connectivity index is 1.50. The molecule has 118 valence electrons. The van der Waals surface area contributed by atoms with Crippen molar-refractivity contribution in [1.29, 1.82) is 0 Å². The van der Waals surface area contributed by atoms with Crippen molar-refractivity contribution in [3.63, 3.8) is 0 Å². The lowest BCUT2D eigenvalue weighted by Gasteiger charge is -2.30. The first-order valence-electron chi connectivity index (χ1n) is 7.88. The van der Waals surface area contributed by atoms with Crippen molar-refractivity contribution in [2.75, 3.05) is 13.1 Å². The summed E-state index contributed by atoms with van der Waals surface area (Å²) in [6.45, 7) is 3.24. The van der Waals surface area contributed by atoms with E-state index in [1.54, 1.807) is 0 Å². The largest absolute Gasteiger partial charge is 0.361 e. The maximum atomic E-state index is 12.8. The number of fused-ring (bicyclic) bond motifs is 1. The Bertz CT molecular complexity index is 843. The predicted octanol–water partition coefficient (Wildman–Crippen LogP) is 2.88. The third-order valence-electron chi connectivity index (χ3n) is 4.49. The van der Waals surface area contributed by atoms with Gasteiger partial charge in [0.2, 0.25) is 5.89 Å². The normalized spacial score (nSPS) is 16.1. The Morgan fingerprint density at radius 3 is 2.87 bits per heavy atom. The quantitative estimate of drug-likeness (QED) is 0.789. The van der Waals surface area contributed by atoms with E-state index in [-0.39, 0.29) is 11.8 Å². The number of benzene rings is 1. The van der Waals surface area contributed by atoms with Crippen LogP contribution in [0.3, 0.4) is 0 Å². The van der Waals surface area contributed by atoms with Crippen LogP contribution < -0.4 is 0 Å². The van der Waals surface area contributed by atoms with E-state index in [9.17, 15) is 4.79 Å². The molecule has 0 bridgehead atoms. The molecule has 0 radical (unpaired) electrons. The zero-order valence-electron chi connectivity index (χ0n) is 13.0. The molecule has 1 N–H and O–H groups in total. The first-order chi connectivity index (χ1) is 11.2. The molecule has 2 aromatic heterocycles. The molecule has 0 unspecified atom stereocenters. The smallest absolute Gasteiger partial charge is 0.255 e. The first kappa shape index (κ1) is 14.0. The highest BCUT2D eigenvalue weighted by atomic mass is 16.5. The summed E-state index contributed by atoms with van der Waals surface area (Å²) in [7, 11) is 0. The van der Waals surface area contributed by atoms with Gasteiger partial charge in [-0.05, 0) is 31.9 Å². The van der Waals surface area contributed by atoms with Crippen molar-refractivity contribution in [3.05, 3.63) is 47.7 Å². The number of aryl methyl sites for hydroxylation is 1. The number of likely N-dealkylation sites (tertiary alicyclic amines) is 1. The number of H-pyrrole nitrogens is 1. The predicted molar refractivity (Wildman–Crippen MR) is 85.2 cm³/mol. The Labute approximate surface area is 133 Å². The fraction of sp³-hybridized carbons (Fsp3) is 0.353. The van der Waals surface area contributed by atoms with Crippen LogP contribution in [0.15, 0.2) is 35.0 Å². The molecule has 3 aromatic rings. The lowest BCUT2D eigenvalue weighted by molar-refractivity contribution is 0.0706.